The van der Waals surface area contributed by atoms with Gasteiger partial charge in [-0.3, -0.25) is 0 Å². The minimum absolute atomic E-state index is 0.352. The number of imidazole rings is 1. The Morgan fingerprint density at radius 3 is 2.86 bits per heavy atom. The van der Waals surface area contributed by atoms with Crippen LogP contribution in [0.15, 0.2) is 43.0 Å². The van der Waals surface area contributed by atoms with Crippen molar-refractivity contribution in [3.63, 3.8) is 0 Å². The number of aromatic nitrogens is 2. The second-order valence-corrected chi connectivity index (χ2v) is 8.14. The standard InChI is InChI=1S/C16H20N2O2S/c1-21(19,20)16-11-13(6-8-18-9-7-17-12-18)10-14-4-2-3-5-15(14)16/h2-5,7,9,12-13,16H,6,8,10-11H2,1H3/t13-,16?/m1/s1. The third kappa shape index (κ3) is 3.18. The molecule has 0 spiro atoms. The van der Waals surface area contributed by atoms with Gasteiger partial charge in [0.25, 0.3) is 0 Å². The first-order valence-corrected chi connectivity index (χ1v) is 9.22. The maximum Gasteiger partial charge on any atom is 0.154 e. The van der Waals surface area contributed by atoms with Crippen molar-refractivity contribution in [1.82, 2.24) is 9.55 Å². The van der Waals surface area contributed by atoms with Gasteiger partial charge >= 0.3 is 0 Å². The number of aryl methyl sites for hydroxylation is 1. The molecule has 0 aliphatic heterocycles. The predicted molar refractivity (Wildman–Crippen MR) is 82.7 cm³/mol. The van der Waals surface area contributed by atoms with E-state index in [-0.39, 0.29) is 5.25 Å². The maximum atomic E-state index is 12.1. The summed E-state index contributed by atoms with van der Waals surface area (Å²) < 4.78 is 26.3. The van der Waals surface area contributed by atoms with Crippen LogP contribution in [-0.4, -0.2) is 24.2 Å². The van der Waals surface area contributed by atoms with Crippen molar-refractivity contribution in [2.45, 2.75) is 31.1 Å². The molecule has 2 atom stereocenters. The number of hydrogen-bond donors (Lipinski definition) is 0. The average molecular weight is 304 g/mol. The molecule has 112 valence electrons. The largest absolute Gasteiger partial charge is 0.337 e. The number of hydrogen-bond acceptors (Lipinski definition) is 3. The second-order valence-electron chi connectivity index (χ2n) is 5.91. The van der Waals surface area contributed by atoms with Crippen LogP contribution in [-0.2, 0) is 22.8 Å². The average Bonchev–Trinajstić information content (AvgIpc) is 2.96. The molecule has 2 aromatic rings. The van der Waals surface area contributed by atoms with Gasteiger partial charge in [0.05, 0.1) is 11.6 Å². The van der Waals surface area contributed by atoms with Gasteiger partial charge in [0.15, 0.2) is 9.84 Å². The predicted octanol–water partition coefficient (Wildman–Crippen LogP) is 2.62. The smallest absolute Gasteiger partial charge is 0.154 e. The lowest BCUT2D eigenvalue weighted by Crippen LogP contribution is -2.24. The first kappa shape index (κ1) is 14.3. The molecule has 1 heterocycles. The van der Waals surface area contributed by atoms with Gasteiger partial charge in [-0.25, -0.2) is 13.4 Å². The molecule has 5 heteroatoms. The fraction of sp³-hybridized carbons (Fsp3) is 0.438. The van der Waals surface area contributed by atoms with Gasteiger partial charge in [-0.05, 0) is 36.3 Å². The minimum atomic E-state index is -3.06. The van der Waals surface area contributed by atoms with Crippen LogP contribution < -0.4 is 0 Å². The highest BCUT2D eigenvalue weighted by molar-refractivity contribution is 7.90. The topological polar surface area (TPSA) is 52.0 Å². The van der Waals surface area contributed by atoms with Gasteiger partial charge in [0, 0.05) is 25.2 Å². The highest BCUT2D eigenvalue weighted by Gasteiger charge is 2.32. The molecule has 0 N–H and O–H groups in total. The summed E-state index contributed by atoms with van der Waals surface area (Å²) in [5, 5.41) is -0.352. The monoisotopic (exact) mass is 304 g/mol. The van der Waals surface area contributed by atoms with Crippen molar-refractivity contribution in [3.8, 4) is 0 Å². The van der Waals surface area contributed by atoms with Gasteiger partial charge in [-0.2, -0.15) is 0 Å². The molecule has 1 aliphatic carbocycles. The summed E-state index contributed by atoms with van der Waals surface area (Å²) in [6, 6.07) is 7.96. The van der Waals surface area contributed by atoms with Gasteiger partial charge in [-0.1, -0.05) is 24.3 Å². The molecular weight excluding hydrogens is 284 g/mol. The zero-order chi connectivity index (χ0) is 14.9. The quantitative estimate of drug-likeness (QED) is 0.872. The summed E-state index contributed by atoms with van der Waals surface area (Å²) in [6.45, 7) is 0.892. The Balaban J connectivity index is 1.80. The minimum Gasteiger partial charge on any atom is -0.337 e. The SMILES string of the molecule is CS(=O)(=O)C1C[C@H](CCn2ccnc2)Cc2ccccc21. The molecule has 0 radical (unpaired) electrons. The summed E-state index contributed by atoms with van der Waals surface area (Å²) >= 11 is 0. The fourth-order valence-corrected chi connectivity index (χ4v) is 4.55. The van der Waals surface area contributed by atoms with Crippen LogP contribution in [0.25, 0.3) is 0 Å². The highest BCUT2D eigenvalue weighted by atomic mass is 32.2. The Morgan fingerprint density at radius 1 is 1.33 bits per heavy atom. The van der Waals surface area contributed by atoms with E-state index in [0.29, 0.717) is 5.92 Å². The van der Waals surface area contributed by atoms with Crippen LogP contribution in [0.3, 0.4) is 0 Å². The Labute approximate surface area is 125 Å². The van der Waals surface area contributed by atoms with E-state index in [9.17, 15) is 8.42 Å². The fourth-order valence-electron chi connectivity index (χ4n) is 3.23. The number of benzene rings is 1. The zero-order valence-electron chi connectivity index (χ0n) is 12.1. The van der Waals surface area contributed by atoms with E-state index >= 15 is 0 Å². The molecule has 1 aromatic heterocycles. The van der Waals surface area contributed by atoms with Crippen LogP contribution in [0.2, 0.25) is 0 Å². The van der Waals surface area contributed by atoms with Crippen molar-refractivity contribution in [2.24, 2.45) is 5.92 Å². The molecule has 1 aliphatic rings. The third-order valence-corrected chi connectivity index (χ3v) is 5.81. The van der Waals surface area contributed by atoms with Gasteiger partial charge in [0.1, 0.15) is 0 Å². The first-order chi connectivity index (χ1) is 10.0. The molecule has 0 fully saturated rings. The van der Waals surface area contributed by atoms with Gasteiger partial charge in [-0.15, -0.1) is 0 Å². The lowest BCUT2D eigenvalue weighted by Gasteiger charge is -2.30. The maximum absolute atomic E-state index is 12.1. The number of rotatable bonds is 4. The van der Waals surface area contributed by atoms with E-state index in [1.165, 1.54) is 11.8 Å². The summed E-state index contributed by atoms with van der Waals surface area (Å²) in [5.74, 6) is 0.405. The number of fused-ring (bicyclic) bond motifs is 1. The molecule has 0 bridgehead atoms. The van der Waals surface area contributed by atoms with Crippen LogP contribution in [0, 0.1) is 5.92 Å². The molecule has 0 saturated heterocycles. The molecule has 4 nitrogen and oxygen atoms in total. The highest BCUT2D eigenvalue weighted by Crippen LogP contribution is 2.39. The van der Waals surface area contributed by atoms with Crippen molar-refractivity contribution in [2.75, 3.05) is 6.26 Å². The molecule has 1 unspecified atom stereocenters. The normalized spacial score (nSPS) is 22.0. The van der Waals surface area contributed by atoms with Crippen LogP contribution in [0.5, 0.6) is 0 Å². The third-order valence-electron chi connectivity index (χ3n) is 4.33. The number of sulfone groups is 1. The van der Waals surface area contributed by atoms with Gasteiger partial charge < -0.3 is 4.57 Å². The summed E-state index contributed by atoms with van der Waals surface area (Å²) in [6.07, 6.45) is 9.57. The molecule has 0 amide bonds. The van der Waals surface area contributed by atoms with Gasteiger partial charge in [0.2, 0.25) is 0 Å². The lowest BCUT2D eigenvalue weighted by molar-refractivity contribution is 0.389. The zero-order valence-corrected chi connectivity index (χ0v) is 13.0. The van der Waals surface area contributed by atoms with Crippen LogP contribution in [0.4, 0.5) is 0 Å². The summed E-state index contributed by atoms with van der Waals surface area (Å²) in [4.78, 5) is 4.04. The van der Waals surface area contributed by atoms with Crippen LogP contribution >= 0.6 is 0 Å². The molecular formula is C16H20N2O2S. The Hall–Kier alpha value is -1.62. The van der Waals surface area contributed by atoms with E-state index in [1.54, 1.807) is 6.20 Å². The van der Waals surface area contributed by atoms with Crippen LogP contribution in [0.1, 0.15) is 29.2 Å². The van der Waals surface area contributed by atoms with Crippen molar-refractivity contribution < 1.29 is 8.42 Å². The molecule has 3 rings (SSSR count). The Morgan fingerprint density at radius 2 is 2.14 bits per heavy atom. The lowest BCUT2D eigenvalue weighted by atomic mass is 9.82. The van der Waals surface area contributed by atoms with E-state index < -0.39 is 9.84 Å². The van der Waals surface area contributed by atoms with Crippen molar-refractivity contribution >= 4 is 9.84 Å². The van der Waals surface area contributed by atoms with Crippen molar-refractivity contribution in [3.05, 3.63) is 54.1 Å². The summed E-state index contributed by atoms with van der Waals surface area (Å²) in [7, 11) is -3.06. The summed E-state index contributed by atoms with van der Waals surface area (Å²) in [5.41, 5.74) is 2.19. The Bertz CT molecular complexity index is 708. The Kier molecular flexibility index (Phi) is 3.85. The van der Waals surface area contributed by atoms with E-state index in [4.69, 9.17) is 0 Å². The molecule has 21 heavy (non-hydrogen) atoms. The molecule has 0 saturated carbocycles. The van der Waals surface area contributed by atoms with Crippen molar-refractivity contribution in [1.29, 1.82) is 0 Å². The molecule has 1 aromatic carbocycles. The van der Waals surface area contributed by atoms with E-state index in [0.717, 1.165) is 31.4 Å². The number of nitrogens with zero attached hydrogens (tertiary/aromatic N) is 2. The van der Waals surface area contributed by atoms with E-state index in [1.807, 2.05) is 30.7 Å². The first-order valence-electron chi connectivity index (χ1n) is 7.26. The second kappa shape index (κ2) is 5.64. The van der Waals surface area contributed by atoms with E-state index in [2.05, 4.69) is 15.6 Å².